The molecule has 0 fully saturated rings. The number of hydrogen-bond donors (Lipinski definition) is 0. The quantitative estimate of drug-likeness (QED) is 0.552. The van der Waals surface area contributed by atoms with Crippen LogP contribution in [0, 0.1) is 0 Å². The van der Waals surface area contributed by atoms with Crippen molar-refractivity contribution in [3.8, 4) is 0 Å². The molecule has 3 heteroatoms. The first-order valence-corrected chi connectivity index (χ1v) is 2.64. The third-order valence-corrected chi connectivity index (χ3v) is 1.19. The van der Waals surface area contributed by atoms with E-state index < -0.39 is 0 Å². The minimum Gasteiger partial charge on any atom is -0.416 e. The highest BCUT2D eigenvalue weighted by molar-refractivity contribution is 7.80. The summed E-state index contributed by atoms with van der Waals surface area (Å²) >= 11 is 4.82. The molecule has 0 amide bonds. The van der Waals surface area contributed by atoms with E-state index in [4.69, 9.17) is 17.5 Å². The average molecular weight is 128 g/mol. The summed E-state index contributed by atoms with van der Waals surface area (Å²) in [5.41, 5.74) is 0. The average Bonchev–Trinajstić information content (AvgIpc) is 2.14. The fourth-order valence-electron chi connectivity index (χ4n) is 0.501. The lowest BCUT2D eigenvalue weighted by Gasteiger charge is -1.98. The maximum atomic E-state index is 4.82. The van der Waals surface area contributed by atoms with Crippen LogP contribution in [0.5, 0.6) is 0 Å². The summed E-state index contributed by atoms with van der Waals surface area (Å²) in [5.74, 6) is 0. The molecule has 1 rings (SSSR count). The predicted molar refractivity (Wildman–Crippen MR) is 32.8 cm³/mol. The Morgan fingerprint density at radius 3 is 2.75 bits per heavy atom. The molecular formula is C5H6NOS. The van der Waals surface area contributed by atoms with Crippen LogP contribution in [0.3, 0.4) is 0 Å². The highest BCUT2D eigenvalue weighted by Gasteiger charge is 1.90. The minimum atomic E-state index is 0.701. The van der Waals surface area contributed by atoms with Gasteiger partial charge in [0.2, 0.25) is 0 Å². The van der Waals surface area contributed by atoms with Crippen LogP contribution in [0.2, 0.25) is 0 Å². The Bertz CT molecular complexity index is 173. The molecule has 0 N–H and O–H groups in total. The van der Waals surface area contributed by atoms with Crippen molar-refractivity contribution in [3.63, 3.8) is 0 Å². The first kappa shape index (κ1) is 5.44. The van der Waals surface area contributed by atoms with Gasteiger partial charge in [0.25, 0.3) is 0 Å². The Labute approximate surface area is 53.4 Å². The standard InChI is InChI=1S/C5H6NOS/c1-7-6-4-2-3-5(6)8/h2-4H,1H3. The van der Waals surface area contributed by atoms with Crippen molar-refractivity contribution in [1.29, 1.82) is 0 Å². The fourth-order valence-corrected chi connectivity index (χ4v) is 0.715. The second kappa shape index (κ2) is 2.05. The molecule has 1 aromatic heterocycles. The largest absolute Gasteiger partial charge is 0.416 e. The van der Waals surface area contributed by atoms with E-state index in [9.17, 15) is 0 Å². The van der Waals surface area contributed by atoms with Gasteiger partial charge in [0.05, 0.1) is 0 Å². The molecule has 0 aromatic carbocycles. The van der Waals surface area contributed by atoms with E-state index in [-0.39, 0.29) is 0 Å². The molecule has 2 nitrogen and oxygen atoms in total. The maximum absolute atomic E-state index is 4.82. The third-order valence-electron chi connectivity index (χ3n) is 0.874. The van der Waals surface area contributed by atoms with E-state index in [1.165, 1.54) is 4.73 Å². The number of nitrogens with zero attached hydrogens (tertiary/aromatic N) is 1. The Balaban J connectivity index is 2.92. The van der Waals surface area contributed by atoms with Gasteiger partial charge in [-0.3, -0.25) is 0 Å². The molecule has 1 radical (unpaired) electrons. The van der Waals surface area contributed by atoms with Crippen molar-refractivity contribution < 1.29 is 4.84 Å². The van der Waals surface area contributed by atoms with Gasteiger partial charge in [-0.15, -0.1) is 0 Å². The third kappa shape index (κ3) is 0.767. The van der Waals surface area contributed by atoms with Crippen molar-refractivity contribution in [2.75, 3.05) is 7.11 Å². The maximum Gasteiger partial charge on any atom is 0.142 e. The van der Waals surface area contributed by atoms with E-state index in [0.29, 0.717) is 5.03 Å². The summed E-state index contributed by atoms with van der Waals surface area (Å²) in [4.78, 5) is 4.80. The zero-order valence-electron chi connectivity index (χ0n) is 4.50. The smallest absolute Gasteiger partial charge is 0.142 e. The van der Waals surface area contributed by atoms with Crippen molar-refractivity contribution >= 4 is 12.6 Å². The Hall–Kier alpha value is -0.700. The van der Waals surface area contributed by atoms with Crippen LogP contribution in [0.1, 0.15) is 0 Å². The Kier molecular flexibility index (Phi) is 1.39. The molecule has 0 spiro atoms. The van der Waals surface area contributed by atoms with Gasteiger partial charge in [-0.2, -0.15) is 4.73 Å². The summed E-state index contributed by atoms with van der Waals surface area (Å²) in [6.45, 7) is 0. The van der Waals surface area contributed by atoms with Gasteiger partial charge in [-0.05, 0) is 12.1 Å². The molecule has 0 bridgehead atoms. The monoisotopic (exact) mass is 128 g/mol. The number of aromatic nitrogens is 1. The molecule has 0 saturated heterocycles. The first-order chi connectivity index (χ1) is 3.84. The predicted octanol–water partition coefficient (Wildman–Crippen LogP) is 1.10. The van der Waals surface area contributed by atoms with E-state index in [1.54, 1.807) is 19.4 Å². The van der Waals surface area contributed by atoms with Crippen molar-refractivity contribution in [2.45, 2.75) is 5.03 Å². The topological polar surface area (TPSA) is 14.2 Å². The summed E-state index contributed by atoms with van der Waals surface area (Å²) in [6.07, 6.45) is 1.77. The van der Waals surface area contributed by atoms with Crippen molar-refractivity contribution in [1.82, 2.24) is 4.73 Å². The van der Waals surface area contributed by atoms with Crippen LogP contribution in [0.4, 0.5) is 0 Å². The number of hydrogen-bond acceptors (Lipinski definition) is 1. The van der Waals surface area contributed by atoms with Crippen LogP contribution < -0.4 is 4.84 Å². The summed E-state index contributed by atoms with van der Waals surface area (Å²) in [5, 5.41) is 0.701. The lowest BCUT2D eigenvalue weighted by Crippen LogP contribution is -2.02. The van der Waals surface area contributed by atoms with Crippen LogP contribution in [-0.2, 0) is 0 Å². The zero-order chi connectivity index (χ0) is 5.98. The van der Waals surface area contributed by atoms with Gasteiger partial charge in [-0.25, -0.2) is 0 Å². The van der Waals surface area contributed by atoms with Gasteiger partial charge in [0, 0.05) is 6.20 Å². The first-order valence-electron chi connectivity index (χ1n) is 2.23. The lowest BCUT2D eigenvalue weighted by atomic mass is 10.7. The molecule has 1 aromatic rings. The SMILES string of the molecule is COn1cccc1[S]. The van der Waals surface area contributed by atoms with Crippen molar-refractivity contribution in [3.05, 3.63) is 18.3 Å². The summed E-state index contributed by atoms with van der Waals surface area (Å²) in [6, 6.07) is 3.64. The fraction of sp³-hybridized carbons (Fsp3) is 0.200. The molecule has 0 unspecified atom stereocenters. The molecule has 0 aliphatic carbocycles. The van der Waals surface area contributed by atoms with Gasteiger partial charge in [0.15, 0.2) is 0 Å². The Morgan fingerprint density at radius 2 is 2.50 bits per heavy atom. The summed E-state index contributed by atoms with van der Waals surface area (Å²) < 4.78 is 1.52. The number of rotatable bonds is 1. The second-order valence-corrected chi connectivity index (χ2v) is 1.77. The van der Waals surface area contributed by atoms with E-state index in [1.807, 2.05) is 6.07 Å². The highest BCUT2D eigenvalue weighted by atomic mass is 32.1. The molecule has 0 aliphatic heterocycles. The highest BCUT2D eigenvalue weighted by Crippen LogP contribution is 2.02. The normalized spacial score (nSPS) is 9.12. The molecule has 0 aliphatic rings. The molecule has 1 heterocycles. The van der Waals surface area contributed by atoms with Gasteiger partial charge in [0.1, 0.15) is 12.1 Å². The Morgan fingerprint density at radius 1 is 1.75 bits per heavy atom. The molecule has 0 atom stereocenters. The minimum absolute atomic E-state index is 0.701. The molecule has 0 saturated carbocycles. The lowest BCUT2D eigenvalue weighted by molar-refractivity contribution is 0.148. The zero-order valence-corrected chi connectivity index (χ0v) is 5.31. The van der Waals surface area contributed by atoms with E-state index >= 15 is 0 Å². The summed E-state index contributed by atoms with van der Waals surface area (Å²) in [7, 11) is 1.58. The van der Waals surface area contributed by atoms with Crippen molar-refractivity contribution in [2.24, 2.45) is 0 Å². The second-order valence-electron chi connectivity index (χ2n) is 1.35. The van der Waals surface area contributed by atoms with E-state index in [2.05, 4.69) is 0 Å². The molecule has 43 valence electrons. The van der Waals surface area contributed by atoms with Crippen LogP contribution in [0.25, 0.3) is 0 Å². The molecule has 8 heavy (non-hydrogen) atoms. The van der Waals surface area contributed by atoms with E-state index in [0.717, 1.165) is 0 Å². The van der Waals surface area contributed by atoms with Crippen LogP contribution >= 0.6 is 12.6 Å². The van der Waals surface area contributed by atoms with Gasteiger partial charge >= 0.3 is 0 Å². The molecular weight excluding hydrogens is 122 g/mol. The van der Waals surface area contributed by atoms with Gasteiger partial charge in [-0.1, -0.05) is 12.6 Å². The van der Waals surface area contributed by atoms with Crippen LogP contribution in [0.15, 0.2) is 23.4 Å². The van der Waals surface area contributed by atoms with Gasteiger partial charge < -0.3 is 4.84 Å². The van der Waals surface area contributed by atoms with Crippen LogP contribution in [-0.4, -0.2) is 11.8 Å².